The first kappa shape index (κ1) is 17.0. The van der Waals surface area contributed by atoms with Crippen LogP contribution in [0.3, 0.4) is 0 Å². The monoisotopic (exact) mass is 342 g/mol. The van der Waals surface area contributed by atoms with Crippen molar-refractivity contribution in [1.82, 2.24) is 5.32 Å². The molecule has 0 heterocycles. The molecule has 3 N–H and O–H groups in total. The predicted octanol–water partition coefficient (Wildman–Crippen LogP) is 3.20. The van der Waals surface area contributed by atoms with Crippen LogP contribution in [0.4, 0.5) is 0 Å². The van der Waals surface area contributed by atoms with Crippen molar-refractivity contribution in [2.45, 2.75) is 31.3 Å². The number of hydrogen-bond donors (Lipinski definition) is 2. The molecule has 4 rings (SSSR count). The fraction of sp³-hybridized carbons (Fsp3) is 0.350. The molecule has 2 aliphatic carbocycles. The number of fused-ring (bicyclic) bond motifs is 3. The molecule has 24 heavy (non-hydrogen) atoms. The summed E-state index contributed by atoms with van der Waals surface area (Å²) in [5.74, 6) is 0.930. The topological polar surface area (TPSA) is 55.1 Å². The molecule has 1 saturated carbocycles. The highest BCUT2D eigenvalue weighted by atomic mass is 35.5. The van der Waals surface area contributed by atoms with Crippen LogP contribution >= 0.6 is 12.4 Å². The molecule has 5 unspecified atom stereocenters. The summed E-state index contributed by atoms with van der Waals surface area (Å²) in [4.78, 5) is 12.6. The first-order valence-electron chi connectivity index (χ1n) is 8.35. The van der Waals surface area contributed by atoms with Gasteiger partial charge in [0.05, 0.1) is 5.92 Å². The highest BCUT2D eigenvalue weighted by molar-refractivity contribution is 5.85. The van der Waals surface area contributed by atoms with Crippen LogP contribution in [0, 0.1) is 11.8 Å². The van der Waals surface area contributed by atoms with Crippen molar-refractivity contribution in [2.75, 3.05) is 0 Å². The summed E-state index contributed by atoms with van der Waals surface area (Å²) in [5.41, 5.74) is 10.1. The second kappa shape index (κ2) is 6.58. The first-order chi connectivity index (χ1) is 11.2. The number of carbonyl (C=O) groups is 1. The number of nitrogens with two attached hydrogens (primary N) is 1. The summed E-state index contributed by atoms with van der Waals surface area (Å²) in [7, 11) is 0. The summed E-state index contributed by atoms with van der Waals surface area (Å²) in [6.07, 6.45) is 1.09. The quantitative estimate of drug-likeness (QED) is 0.896. The molecule has 3 nitrogen and oxygen atoms in total. The van der Waals surface area contributed by atoms with Crippen LogP contribution in [0.25, 0.3) is 0 Å². The van der Waals surface area contributed by atoms with Gasteiger partial charge in [0.15, 0.2) is 0 Å². The summed E-state index contributed by atoms with van der Waals surface area (Å²) < 4.78 is 0. The molecular formula is C20H23ClN2O. The van der Waals surface area contributed by atoms with Crippen molar-refractivity contribution in [3.8, 4) is 0 Å². The Bertz CT molecular complexity index is 733. The van der Waals surface area contributed by atoms with Gasteiger partial charge in [-0.05, 0) is 29.0 Å². The molecule has 1 amide bonds. The zero-order valence-corrected chi connectivity index (χ0v) is 14.5. The highest BCUT2D eigenvalue weighted by Crippen LogP contribution is 2.56. The van der Waals surface area contributed by atoms with Crippen LogP contribution in [0.1, 0.15) is 35.6 Å². The Morgan fingerprint density at radius 1 is 1.12 bits per heavy atom. The number of nitrogens with one attached hydrogen (secondary N) is 1. The zero-order valence-electron chi connectivity index (χ0n) is 13.7. The number of amides is 1. The molecule has 0 radical (unpaired) electrons. The molecule has 0 bridgehead atoms. The maximum atomic E-state index is 12.6. The van der Waals surface area contributed by atoms with Gasteiger partial charge in [0.2, 0.25) is 5.91 Å². The Morgan fingerprint density at radius 3 is 2.54 bits per heavy atom. The van der Waals surface area contributed by atoms with E-state index < -0.39 is 0 Å². The molecule has 4 heteroatoms. The van der Waals surface area contributed by atoms with Gasteiger partial charge in [0.25, 0.3) is 0 Å². The fourth-order valence-electron chi connectivity index (χ4n) is 3.97. The van der Waals surface area contributed by atoms with E-state index in [1.54, 1.807) is 0 Å². The van der Waals surface area contributed by atoms with Gasteiger partial charge in [-0.3, -0.25) is 4.79 Å². The van der Waals surface area contributed by atoms with Crippen molar-refractivity contribution >= 4 is 18.3 Å². The average molecular weight is 343 g/mol. The van der Waals surface area contributed by atoms with Gasteiger partial charge in [-0.1, -0.05) is 61.5 Å². The minimum atomic E-state index is -0.262. The number of carbonyl (C=O) groups excluding carboxylic acids is 1. The third-order valence-corrected chi connectivity index (χ3v) is 5.48. The van der Waals surface area contributed by atoms with E-state index in [2.05, 4.69) is 29.6 Å². The minimum absolute atomic E-state index is 0. The summed E-state index contributed by atoms with van der Waals surface area (Å²) in [6.45, 7) is 1.92. The van der Waals surface area contributed by atoms with Gasteiger partial charge in [0, 0.05) is 18.0 Å². The molecule has 0 aliphatic heterocycles. The molecule has 126 valence electrons. The molecular weight excluding hydrogens is 320 g/mol. The standard InChI is InChI=1S/C20H22N2O.ClH/c1-12(18(21)13-7-3-2-4-8-13)20(23)22-19-16-11-14-9-5-6-10-15(14)17(16)19;/h2-10,12,16-19H,11,21H2,1H3,(H,22,23);1H. The third kappa shape index (κ3) is 2.83. The van der Waals surface area contributed by atoms with Crippen LogP contribution in [0.5, 0.6) is 0 Å². The zero-order chi connectivity index (χ0) is 16.0. The molecule has 2 aromatic carbocycles. The van der Waals surface area contributed by atoms with E-state index in [9.17, 15) is 4.79 Å². The number of halogens is 1. The van der Waals surface area contributed by atoms with Crippen LogP contribution in [0.15, 0.2) is 54.6 Å². The Labute approximate surface area is 149 Å². The van der Waals surface area contributed by atoms with Gasteiger partial charge < -0.3 is 11.1 Å². The molecule has 5 atom stereocenters. The SMILES string of the molecule is CC(C(=O)NC1C2Cc3ccccc3C21)C(N)c1ccccc1.Cl. The van der Waals surface area contributed by atoms with E-state index in [1.807, 2.05) is 37.3 Å². The van der Waals surface area contributed by atoms with Crippen molar-refractivity contribution in [2.24, 2.45) is 17.6 Å². The van der Waals surface area contributed by atoms with E-state index in [-0.39, 0.29) is 30.3 Å². The van der Waals surface area contributed by atoms with Gasteiger partial charge in [-0.25, -0.2) is 0 Å². The van der Waals surface area contributed by atoms with Gasteiger partial charge >= 0.3 is 0 Å². The van der Waals surface area contributed by atoms with Gasteiger partial charge in [0.1, 0.15) is 0 Å². The Balaban J connectivity index is 0.00000169. The van der Waals surface area contributed by atoms with Crippen molar-refractivity contribution in [1.29, 1.82) is 0 Å². The van der Waals surface area contributed by atoms with Gasteiger partial charge in [-0.15, -0.1) is 12.4 Å². The highest BCUT2D eigenvalue weighted by Gasteiger charge is 2.56. The molecule has 2 aromatic rings. The Hall–Kier alpha value is -1.84. The average Bonchev–Trinajstić information content (AvgIpc) is 3.10. The summed E-state index contributed by atoms with van der Waals surface area (Å²) in [6, 6.07) is 18.5. The summed E-state index contributed by atoms with van der Waals surface area (Å²) >= 11 is 0. The molecule has 0 saturated heterocycles. The molecule has 1 fully saturated rings. The second-order valence-corrected chi connectivity index (χ2v) is 6.85. The third-order valence-electron chi connectivity index (χ3n) is 5.48. The van der Waals surface area contributed by atoms with Crippen molar-refractivity contribution < 1.29 is 4.79 Å². The lowest BCUT2D eigenvalue weighted by Crippen LogP contribution is -2.38. The number of benzene rings is 2. The maximum absolute atomic E-state index is 12.6. The Kier molecular flexibility index (Phi) is 4.66. The lowest BCUT2D eigenvalue weighted by Gasteiger charge is -2.20. The van der Waals surface area contributed by atoms with Crippen molar-refractivity contribution in [3.05, 3.63) is 71.3 Å². The minimum Gasteiger partial charge on any atom is -0.352 e. The number of rotatable bonds is 4. The van der Waals surface area contributed by atoms with Crippen LogP contribution < -0.4 is 11.1 Å². The van der Waals surface area contributed by atoms with Crippen molar-refractivity contribution in [3.63, 3.8) is 0 Å². The van der Waals surface area contributed by atoms with E-state index in [1.165, 1.54) is 11.1 Å². The number of hydrogen-bond acceptors (Lipinski definition) is 2. The van der Waals surface area contributed by atoms with Gasteiger partial charge in [-0.2, -0.15) is 0 Å². The van der Waals surface area contributed by atoms with E-state index in [0.717, 1.165) is 12.0 Å². The second-order valence-electron chi connectivity index (χ2n) is 6.85. The first-order valence-corrected chi connectivity index (χ1v) is 8.35. The van der Waals surface area contributed by atoms with Crippen LogP contribution in [0.2, 0.25) is 0 Å². The molecule has 0 aromatic heterocycles. The smallest absolute Gasteiger partial charge is 0.224 e. The predicted molar refractivity (Wildman–Crippen MR) is 98.1 cm³/mol. The maximum Gasteiger partial charge on any atom is 0.224 e. The lowest BCUT2D eigenvalue weighted by atomic mass is 9.94. The fourth-order valence-corrected chi connectivity index (χ4v) is 3.97. The van der Waals surface area contributed by atoms with Crippen LogP contribution in [-0.4, -0.2) is 11.9 Å². The molecule has 2 aliphatic rings. The van der Waals surface area contributed by atoms with Crippen LogP contribution in [-0.2, 0) is 11.2 Å². The Morgan fingerprint density at radius 2 is 1.79 bits per heavy atom. The summed E-state index contributed by atoms with van der Waals surface area (Å²) in [5, 5.41) is 3.23. The van der Waals surface area contributed by atoms with E-state index in [4.69, 9.17) is 5.73 Å². The lowest BCUT2D eigenvalue weighted by molar-refractivity contribution is -0.125. The van der Waals surface area contributed by atoms with E-state index in [0.29, 0.717) is 17.9 Å². The normalized spacial score (nSPS) is 25.7. The largest absolute Gasteiger partial charge is 0.352 e. The molecule has 0 spiro atoms. The van der Waals surface area contributed by atoms with E-state index >= 15 is 0 Å².